The molecule has 0 saturated heterocycles. The molecule has 0 amide bonds. The van der Waals surface area contributed by atoms with E-state index in [2.05, 4.69) is 10.5 Å². The lowest BCUT2D eigenvalue weighted by Gasteiger charge is -2.01. The molecule has 0 bridgehead atoms. The average Bonchev–Trinajstić information content (AvgIpc) is 2.36. The van der Waals surface area contributed by atoms with Crippen LogP contribution in [0.1, 0.15) is 11.1 Å². The number of aryl methyl sites for hydroxylation is 1. The molecule has 2 rings (SSSR count). The molecule has 0 heterocycles. The van der Waals surface area contributed by atoms with Crippen LogP contribution in [0.2, 0.25) is 0 Å². The number of nitrogens with zero attached hydrogens (tertiary/aromatic N) is 1. The van der Waals surface area contributed by atoms with Gasteiger partial charge < -0.3 is 0 Å². The Bertz CT molecular complexity index is 566. The monoisotopic (exact) mass is 246 g/mol. The van der Waals surface area contributed by atoms with E-state index < -0.39 is 11.6 Å². The van der Waals surface area contributed by atoms with Gasteiger partial charge in [0, 0.05) is 5.56 Å². The molecule has 0 saturated carbocycles. The first-order valence-electron chi connectivity index (χ1n) is 5.46. The van der Waals surface area contributed by atoms with Crippen molar-refractivity contribution in [3.63, 3.8) is 0 Å². The van der Waals surface area contributed by atoms with Crippen LogP contribution in [0.3, 0.4) is 0 Å². The maximum Gasteiger partial charge on any atom is 0.167 e. The Morgan fingerprint density at radius 1 is 1.11 bits per heavy atom. The first-order valence-corrected chi connectivity index (χ1v) is 5.46. The van der Waals surface area contributed by atoms with Crippen LogP contribution in [0.4, 0.5) is 14.5 Å². The Morgan fingerprint density at radius 2 is 1.83 bits per heavy atom. The number of halogens is 2. The van der Waals surface area contributed by atoms with Crippen molar-refractivity contribution < 1.29 is 8.78 Å². The molecule has 18 heavy (non-hydrogen) atoms. The quantitative estimate of drug-likeness (QED) is 0.647. The molecule has 0 aliphatic carbocycles. The van der Waals surface area contributed by atoms with Gasteiger partial charge >= 0.3 is 0 Å². The summed E-state index contributed by atoms with van der Waals surface area (Å²) in [6.07, 6.45) is 1.26. The Balaban J connectivity index is 2.15. The summed E-state index contributed by atoms with van der Waals surface area (Å²) in [5, 5.41) is 3.87. The molecule has 2 aromatic rings. The predicted octanol–water partition coefficient (Wildman–Crippen LogP) is 3.72. The van der Waals surface area contributed by atoms with Crippen molar-refractivity contribution in [1.29, 1.82) is 0 Å². The summed E-state index contributed by atoms with van der Waals surface area (Å²) in [4.78, 5) is 0. The van der Waals surface area contributed by atoms with E-state index in [1.54, 1.807) is 6.92 Å². The fourth-order valence-electron chi connectivity index (χ4n) is 1.53. The lowest BCUT2D eigenvalue weighted by atomic mass is 10.1. The Hall–Kier alpha value is -2.23. The number of anilines is 1. The number of hydrazone groups is 1. The van der Waals surface area contributed by atoms with Gasteiger partial charge in [0.15, 0.2) is 11.6 Å². The number of hydrogen-bond acceptors (Lipinski definition) is 2. The smallest absolute Gasteiger partial charge is 0.167 e. The van der Waals surface area contributed by atoms with Crippen LogP contribution in [-0.4, -0.2) is 6.21 Å². The highest BCUT2D eigenvalue weighted by Gasteiger charge is 2.07. The van der Waals surface area contributed by atoms with Gasteiger partial charge in [-0.05, 0) is 36.8 Å². The van der Waals surface area contributed by atoms with E-state index in [-0.39, 0.29) is 5.56 Å². The van der Waals surface area contributed by atoms with Gasteiger partial charge in [0.05, 0.1) is 11.9 Å². The van der Waals surface area contributed by atoms with Crippen LogP contribution in [0.25, 0.3) is 0 Å². The van der Waals surface area contributed by atoms with Crippen LogP contribution < -0.4 is 5.43 Å². The van der Waals surface area contributed by atoms with E-state index in [0.29, 0.717) is 5.56 Å². The van der Waals surface area contributed by atoms with Crippen LogP contribution in [-0.2, 0) is 0 Å². The summed E-state index contributed by atoms with van der Waals surface area (Å²) in [5.74, 6) is -1.75. The highest BCUT2D eigenvalue weighted by atomic mass is 19.2. The summed E-state index contributed by atoms with van der Waals surface area (Å²) >= 11 is 0. The van der Waals surface area contributed by atoms with Crippen LogP contribution in [0.5, 0.6) is 0 Å². The van der Waals surface area contributed by atoms with Gasteiger partial charge in [0.1, 0.15) is 0 Å². The van der Waals surface area contributed by atoms with Crippen LogP contribution >= 0.6 is 0 Å². The van der Waals surface area contributed by atoms with Crippen LogP contribution in [0.15, 0.2) is 47.6 Å². The second kappa shape index (κ2) is 5.40. The number of benzene rings is 2. The maximum absolute atomic E-state index is 13.4. The largest absolute Gasteiger partial charge is 0.279 e. The summed E-state index contributed by atoms with van der Waals surface area (Å²) in [6, 6.07) is 11.9. The molecular formula is C14H12F2N2. The lowest BCUT2D eigenvalue weighted by Crippen LogP contribution is -1.97. The standard InChI is InChI=1S/C14H12F2N2/c1-10-7-11(14(16)13(15)8-10)9-17-18-12-5-3-2-4-6-12/h2-9,18H,1H3. The van der Waals surface area contributed by atoms with Crippen molar-refractivity contribution >= 4 is 11.9 Å². The van der Waals surface area contributed by atoms with Gasteiger partial charge in [-0.2, -0.15) is 5.10 Å². The fraction of sp³-hybridized carbons (Fsp3) is 0.0714. The minimum absolute atomic E-state index is 0.121. The minimum Gasteiger partial charge on any atom is -0.279 e. The molecule has 0 aromatic heterocycles. The molecule has 0 aliphatic rings. The molecular weight excluding hydrogens is 234 g/mol. The highest BCUT2D eigenvalue weighted by Crippen LogP contribution is 2.13. The van der Waals surface area contributed by atoms with Crippen LogP contribution in [0, 0.1) is 18.6 Å². The lowest BCUT2D eigenvalue weighted by molar-refractivity contribution is 0.506. The zero-order chi connectivity index (χ0) is 13.0. The SMILES string of the molecule is Cc1cc(F)c(F)c(C=NNc2ccccc2)c1. The van der Waals surface area contributed by atoms with Gasteiger partial charge in [-0.15, -0.1) is 0 Å². The summed E-state index contributed by atoms with van der Waals surface area (Å²) in [7, 11) is 0. The Morgan fingerprint density at radius 3 is 2.56 bits per heavy atom. The molecule has 0 atom stereocenters. The van der Waals surface area contributed by atoms with E-state index in [0.717, 1.165) is 11.8 Å². The third-order valence-corrected chi connectivity index (χ3v) is 2.37. The molecule has 1 N–H and O–H groups in total. The van der Waals surface area contributed by atoms with Gasteiger partial charge in [-0.3, -0.25) is 5.43 Å². The van der Waals surface area contributed by atoms with Crippen molar-refractivity contribution in [2.75, 3.05) is 5.43 Å². The fourth-order valence-corrected chi connectivity index (χ4v) is 1.53. The third-order valence-electron chi connectivity index (χ3n) is 2.37. The summed E-state index contributed by atoms with van der Waals surface area (Å²) in [6.45, 7) is 1.70. The van der Waals surface area contributed by atoms with Gasteiger partial charge in [-0.1, -0.05) is 18.2 Å². The summed E-state index contributed by atoms with van der Waals surface area (Å²) < 4.78 is 26.5. The zero-order valence-corrected chi connectivity index (χ0v) is 9.82. The topological polar surface area (TPSA) is 24.4 Å². The van der Waals surface area contributed by atoms with E-state index in [9.17, 15) is 8.78 Å². The Labute approximate surface area is 104 Å². The highest BCUT2D eigenvalue weighted by molar-refractivity contribution is 5.80. The molecule has 2 aromatic carbocycles. The summed E-state index contributed by atoms with van der Waals surface area (Å²) in [5.41, 5.74) is 4.29. The first kappa shape index (κ1) is 12.2. The molecule has 92 valence electrons. The van der Waals surface area contributed by atoms with E-state index in [1.807, 2.05) is 30.3 Å². The molecule has 0 radical (unpaired) electrons. The van der Waals surface area contributed by atoms with Crippen molar-refractivity contribution in [3.8, 4) is 0 Å². The molecule has 0 unspecified atom stereocenters. The van der Waals surface area contributed by atoms with Crippen molar-refractivity contribution in [2.45, 2.75) is 6.92 Å². The minimum atomic E-state index is -0.890. The molecule has 0 fully saturated rings. The molecule has 0 spiro atoms. The van der Waals surface area contributed by atoms with E-state index >= 15 is 0 Å². The first-order chi connectivity index (χ1) is 8.66. The van der Waals surface area contributed by atoms with Gasteiger partial charge in [0.25, 0.3) is 0 Å². The van der Waals surface area contributed by atoms with Crippen molar-refractivity contribution in [1.82, 2.24) is 0 Å². The zero-order valence-electron chi connectivity index (χ0n) is 9.82. The van der Waals surface area contributed by atoms with Gasteiger partial charge in [-0.25, -0.2) is 8.78 Å². The number of rotatable bonds is 3. The predicted molar refractivity (Wildman–Crippen MR) is 68.8 cm³/mol. The normalized spacial score (nSPS) is 10.8. The number of para-hydroxylation sites is 1. The number of nitrogens with one attached hydrogen (secondary N) is 1. The maximum atomic E-state index is 13.4. The molecule has 4 heteroatoms. The second-order valence-corrected chi connectivity index (χ2v) is 3.89. The average molecular weight is 246 g/mol. The molecule has 0 aliphatic heterocycles. The Kier molecular flexibility index (Phi) is 3.67. The molecule has 2 nitrogen and oxygen atoms in total. The number of hydrogen-bond donors (Lipinski definition) is 1. The van der Waals surface area contributed by atoms with Crippen molar-refractivity contribution in [3.05, 3.63) is 65.2 Å². The van der Waals surface area contributed by atoms with E-state index in [1.165, 1.54) is 12.3 Å². The third kappa shape index (κ3) is 2.91. The second-order valence-electron chi connectivity index (χ2n) is 3.89. The van der Waals surface area contributed by atoms with Gasteiger partial charge in [0.2, 0.25) is 0 Å². The van der Waals surface area contributed by atoms with Crippen molar-refractivity contribution in [2.24, 2.45) is 5.10 Å². The van der Waals surface area contributed by atoms with E-state index in [4.69, 9.17) is 0 Å².